The van der Waals surface area contributed by atoms with E-state index in [0.29, 0.717) is 18.0 Å². The first kappa shape index (κ1) is 11.1. The highest BCUT2D eigenvalue weighted by Crippen LogP contribution is 2.14. The summed E-state index contributed by atoms with van der Waals surface area (Å²) in [5, 5.41) is 12.7. The summed E-state index contributed by atoms with van der Waals surface area (Å²) in [4.78, 5) is 14.7. The number of carbonyl (C=O) groups is 1. The van der Waals surface area contributed by atoms with Crippen molar-refractivity contribution in [1.82, 2.24) is 14.8 Å². The van der Waals surface area contributed by atoms with Crippen molar-refractivity contribution >= 4 is 5.97 Å². The summed E-state index contributed by atoms with van der Waals surface area (Å²) in [7, 11) is 0. The van der Waals surface area contributed by atoms with Crippen LogP contribution in [0, 0.1) is 0 Å². The van der Waals surface area contributed by atoms with Crippen LogP contribution in [0.4, 0.5) is 0 Å². The van der Waals surface area contributed by atoms with Gasteiger partial charge in [-0.25, -0.2) is 9.48 Å². The molecular formula is C11H11N3O3. The zero-order valence-corrected chi connectivity index (χ0v) is 9.20. The van der Waals surface area contributed by atoms with Crippen LogP contribution in [-0.2, 0) is 0 Å². The highest BCUT2D eigenvalue weighted by molar-refractivity contribution is 5.85. The first-order valence-corrected chi connectivity index (χ1v) is 5.08. The molecule has 0 saturated heterocycles. The van der Waals surface area contributed by atoms with Gasteiger partial charge in [0.2, 0.25) is 0 Å². The smallest absolute Gasteiger partial charge is 0.356 e. The molecule has 0 spiro atoms. The minimum absolute atomic E-state index is 0.00758. The largest absolute Gasteiger partial charge is 0.492 e. The molecule has 0 radical (unpaired) electrons. The van der Waals surface area contributed by atoms with Gasteiger partial charge in [-0.15, -0.1) is 0 Å². The van der Waals surface area contributed by atoms with E-state index >= 15 is 0 Å². The summed E-state index contributed by atoms with van der Waals surface area (Å²) in [5.41, 5.74) is 0.648. The average molecular weight is 233 g/mol. The van der Waals surface area contributed by atoms with Gasteiger partial charge in [-0.3, -0.25) is 4.98 Å². The normalized spacial score (nSPS) is 10.2. The molecule has 2 rings (SSSR count). The van der Waals surface area contributed by atoms with Crippen LogP contribution in [0.1, 0.15) is 17.4 Å². The van der Waals surface area contributed by atoms with Gasteiger partial charge in [-0.1, -0.05) is 0 Å². The number of aromatic carboxylic acids is 1. The number of ether oxygens (including phenoxy) is 1. The van der Waals surface area contributed by atoms with E-state index in [1.165, 1.54) is 10.7 Å². The minimum Gasteiger partial charge on any atom is -0.492 e. The quantitative estimate of drug-likeness (QED) is 0.862. The highest BCUT2D eigenvalue weighted by Gasteiger charge is 2.08. The Bertz CT molecular complexity index is 536. The summed E-state index contributed by atoms with van der Waals surface area (Å²) in [6.45, 7) is 2.42. The van der Waals surface area contributed by atoms with Gasteiger partial charge in [0, 0.05) is 12.3 Å². The summed E-state index contributed by atoms with van der Waals surface area (Å²) in [5.74, 6) is -0.435. The van der Waals surface area contributed by atoms with E-state index < -0.39 is 5.97 Å². The second-order valence-corrected chi connectivity index (χ2v) is 3.26. The molecule has 0 aliphatic rings. The van der Waals surface area contributed by atoms with Crippen LogP contribution in [0.2, 0.25) is 0 Å². The fourth-order valence-corrected chi connectivity index (χ4v) is 1.36. The molecule has 0 fully saturated rings. The third-order valence-corrected chi connectivity index (χ3v) is 2.08. The van der Waals surface area contributed by atoms with Gasteiger partial charge in [0.05, 0.1) is 24.7 Å². The summed E-state index contributed by atoms with van der Waals surface area (Å²) in [6, 6.07) is 3.17. The summed E-state index contributed by atoms with van der Waals surface area (Å²) < 4.78 is 6.75. The fourth-order valence-electron chi connectivity index (χ4n) is 1.36. The Morgan fingerprint density at radius 3 is 3.00 bits per heavy atom. The van der Waals surface area contributed by atoms with Gasteiger partial charge in [0.1, 0.15) is 5.75 Å². The third kappa shape index (κ3) is 2.41. The van der Waals surface area contributed by atoms with E-state index in [2.05, 4.69) is 10.1 Å². The van der Waals surface area contributed by atoms with Crippen molar-refractivity contribution in [3.05, 3.63) is 36.4 Å². The van der Waals surface area contributed by atoms with Gasteiger partial charge >= 0.3 is 5.97 Å². The maximum Gasteiger partial charge on any atom is 0.356 e. The first-order valence-electron chi connectivity index (χ1n) is 5.08. The molecule has 2 aromatic rings. The average Bonchev–Trinajstić information content (AvgIpc) is 2.79. The number of carboxylic acid groups (broad SMARTS) is 1. The first-order chi connectivity index (χ1) is 8.20. The molecule has 0 bridgehead atoms. The molecule has 17 heavy (non-hydrogen) atoms. The van der Waals surface area contributed by atoms with E-state index in [9.17, 15) is 4.79 Å². The van der Waals surface area contributed by atoms with Crippen LogP contribution in [0.25, 0.3) is 5.69 Å². The van der Waals surface area contributed by atoms with Crippen molar-refractivity contribution in [2.75, 3.05) is 6.61 Å². The van der Waals surface area contributed by atoms with Crippen LogP contribution >= 0.6 is 0 Å². The number of hydrogen-bond donors (Lipinski definition) is 1. The second kappa shape index (κ2) is 4.65. The third-order valence-electron chi connectivity index (χ3n) is 2.08. The molecular weight excluding hydrogens is 222 g/mol. The Balaban J connectivity index is 2.31. The molecule has 0 unspecified atom stereocenters. The molecule has 6 nitrogen and oxygen atoms in total. The predicted molar refractivity (Wildman–Crippen MR) is 59.5 cm³/mol. The van der Waals surface area contributed by atoms with Crippen molar-refractivity contribution in [1.29, 1.82) is 0 Å². The molecule has 6 heteroatoms. The Morgan fingerprint density at radius 1 is 1.53 bits per heavy atom. The number of nitrogens with zero attached hydrogens (tertiary/aromatic N) is 3. The lowest BCUT2D eigenvalue weighted by Gasteiger charge is -2.04. The van der Waals surface area contributed by atoms with Gasteiger partial charge in [-0.2, -0.15) is 5.10 Å². The molecule has 0 amide bonds. The molecule has 0 atom stereocenters. The van der Waals surface area contributed by atoms with Crippen LogP contribution in [-0.4, -0.2) is 32.4 Å². The molecule has 0 aliphatic carbocycles. The minimum atomic E-state index is -1.06. The van der Waals surface area contributed by atoms with Crippen molar-refractivity contribution < 1.29 is 14.6 Å². The molecule has 1 N–H and O–H groups in total. The highest BCUT2D eigenvalue weighted by atomic mass is 16.5. The molecule has 2 aromatic heterocycles. The van der Waals surface area contributed by atoms with E-state index in [4.69, 9.17) is 9.84 Å². The number of rotatable bonds is 4. The maximum atomic E-state index is 10.7. The van der Waals surface area contributed by atoms with Crippen LogP contribution in [0.5, 0.6) is 5.75 Å². The standard InChI is InChI=1S/C11H11N3O3/c1-2-17-9-5-8(6-12-7-9)14-4-3-10(13-14)11(15)16/h3-7H,2H2,1H3,(H,15,16). The summed E-state index contributed by atoms with van der Waals surface area (Å²) >= 11 is 0. The van der Waals surface area contributed by atoms with Gasteiger partial charge in [0.25, 0.3) is 0 Å². The van der Waals surface area contributed by atoms with Crippen LogP contribution in [0.3, 0.4) is 0 Å². The SMILES string of the molecule is CCOc1cncc(-n2ccc(C(=O)O)n2)c1. The van der Waals surface area contributed by atoms with E-state index in [1.807, 2.05) is 6.92 Å². The zero-order chi connectivity index (χ0) is 12.3. The van der Waals surface area contributed by atoms with Gasteiger partial charge in [-0.05, 0) is 13.0 Å². The van der Waals surface area contributed by atoms with Crippen molar-refractivity contribution in [2.45, 2.75) is 6.92 Å². The second-order valence-electron chi connectivity index (χ2n) is 3.26. The maximum absolute atomic E-state index is 10.7. The summed E-state index contributed by atoms with van der Waals surface area (Å²) in [6.07, 6.45) is 4.74. The monoisotopic (exact) mass is 233 g/mol. The Kier molecular flexibility index (Phi) is 3.04. The fraction of sp³-hybridized carbons (Fsp3) is 0.182. The number of pyridine rings is 1. The predicted octanol–water partition coefficient (Wildman–Crippen LogP) is 1.36. The van der Waals surface area contributed by atoms with Crippen molar-refractivity contribution in [3.63, 3.8) is 0 Å². The van der Waals surface area contributed by atoms with Crippen molar-refractivity contribution in [3.8, 4) is 11.4 Å². The Hall–Kier alpha value is -2.37. The van der Waals surface area contributed by atoms with Gasteiger partial charge in [0.15, 0.2) is 5.69 Å². The van der Waals surface area contributed by atoms with Crippen molar-refractivity contribution in [2.24, 2.45) is 0 Å². The Labute approximate surface area is 97.5 Å². The zero-order valence-electron chi connectivity index (χ0n) is 9.20. The molecule has 0 saturated carbocycles. The van der Waals surface area contributed by atoms with Gasteiger partial charge < -0.3 is 9.84 Å². The van der Waals surface area contributed by atoms with E-state index in [-0.39, 0.29) is 5.69 Å². The Morgan fingerprint density at radius 2 is 2.35 bits per heavy atom. The number of aromatic nitrogens is 3. The molecule has 0 aromatic carbocycles. The lowest BCUT2D eigenvalue weighted by Crippen LogP contribution is -2.02. The topological polar surface area (TPSA) is 77.2 Å². The molecule has 88 valence electrons. The molecule has 2 heterocycles. The van der Waals surface area contributed by atoms with E-state index in [0.717, 1.165) is 0 Å². The van der Waals surface area contributed by atoms with Crippen LogP contribution < -0.4 is 4.74 Å². The molecule has 0 aliphatic heterocycles. The number of carboxylic acids is 1. The van der Waals surface area contributed by atoms with E-state index in [1.54, 1.807) is 24.7 Å². The lowest BCUT2D eigenvalue weighted by atomic mass is 10.4. The number of hydrogen-bond acceptors (Lipinski definition) is 4. The van der Waals surface area contributed by atoms with Crippen LogP contribution in [0.15, 0.2) is 30.7 Å². The lowest BCUT2D eigenvalue weighted by molar-refractivity contribution is 0.0690.